The fourth-order valence-corrected chi connectivity index (χ4v) is 3.01. The Morgan fingerprint density at radius 1 is 1.10 bits per heavy atom. The molecule has 0 bridgehead atoms. The van der Waals surface area contributed by atoms with E-state index in [4.69, 9.17) is 0 Å². The quantitative estimate of drug-likeness (QED) is 0.619. The van der Waals surface area contributed by atoms with Gasteiger partial charge in [0.1, 0.15) is 18.3 Å². The van der Waals surface area contributed by atoms with E-state index in [0.29, 0.717) is 0 Å². The minimum atomic E-state index is -4.96. The zero-order chi connectivity index (χ0) is 15.7. The molecule has 0 amide bonds. The molecular weight excluding hydrogens is 308 g/mol. The Morgan fingerprint density at radius 3 is 2.00 bits per heavy atom. The maximum Gasteiger partial charge on any atom is 0.417 e. The summed E-state index contributed by atoms with van der Waals surface area (Å²) in [7, 11) is -1.72. The van der Waals surface area contributed by atoms with Crippen LogP contribution in [0.2, 0.25) is 0 Å². The number of aliphatic hydroxyl groups is 3. The van der Waals surface area contributed by atoms with Crippen LogP contribution >= 0.6 is 7.60 Å². The molecule has 3 N–H and O–H groups in total. The number of hydrogen-bond acceptors (Lipinski definition) is 7. The number of rotatable bonds is 4. The summed E-state index contributed by atoms with van der Waals surface area (Å²) in [4.78, 5) is 0. The van der Waals surface area contributed by atoms with Crippen LogP contribution < -0.4 is 0 Å². The summed E-state index contributed by atoms with van der Waals surface area (Å²) in [6, 6.07) is 0. The smallest absolute Gasteiger partial charge is 0.388 e. The first-order chi connectivity index (χ1) is 9.05. The average Bonchev–Trinajstić information content (AvgIpc) is 2.37. The van der Waals surface area contributed by atoms with E-state index < -0.39 is 50.5 Å². The first-order valence-corrected chi connectivity index (χ1v) is 7.25. The van der Waals surface area contributed by atoms with Crippen LogP contribution in [0.1, 0.15) is 0 Å². The van der Waals surface area contributed by atoms with Gasteiger partial charge < -0.3 is 29.1 Å². The Morgan fingerprint density at radius 2 is 1.60 bits per heavy atom. The van der Waals surface area contributed by atoms with Crippen molar-refractivity contribution in [3.8, 4) is 0 Å². The first kappa shape index (κ1) is 17.8. The van der Waals surface area contributed by atoms with Gasteiger partial charge in [-0.1, -0.05) is 0 Å². The number of ether oxygens (including phenoxy) is 1. The van der Waals surface area contributed by atoms with Crippen molar-refractivity contribution in [3.63, 3.8) is 0 Å². The summed E-state index contributed by atoms with van der Waals surface area (Å²) in [6.45, 7) is 0. The largest absolute Gasteiger partial charge is 0.417 e. The normalized spacial score (nSPS) is 36.1. The molecule has 1 fully saturated rings. The number of alkyl halides is 3. The van der Waals surface area contributed by atoms with Crippen LogP contribution in [0.5, 0.6) is 0 Å². The van der Waals surface area contributed by atoms with Crippen molar-refractivity contribution in [2.75, 3.05) is 20.4 Å². The lowest BCUT2D eigenvalue weighted by Gasteiger charge is -2.41. The van der Waals surface area contributed by atoms with E-state index in [9.17, 15) is 33.1 Å². The van der Waals surface area contributed by atoms with Gasteiger partial charge >= 0.3 is 13.8 Å². The van der Waals surface area contributed by atoms with Crippen LogP contribution in [-0.4, -0.2) is 72.4 Å². The Labute approximate surface area is 112 Å². The lowest BCUT2D eigenvalue weighted by atomic mass is 9.95. The molecule has 1 heterocycles. The molecule has 0 aliphatic carbocycles. The van der Waals surface area contributed by atoms with Crippen LogP contribution in [0, 0.1) is 0 Å². The molecule has 11 heteroatoms. The van der Waals surface area contributed by atoms with Crippen molar-refractivity contribution in [1.29, 1.82) is 0 Å². The zero-order valence-corrected chi connectivity index (χ0v) is 11.5. The third kappa shape index (κ3) is 3.70. The minimum absolute atomic E-state index is 0.697. The van der Waals surface area contributed by atoms with Crippen molar-refractivity contribution in [2.24, 2.45) is 0 Å². The molecule has 7 nitrogen and oxygen atoms in total. The first-order valence-electron chi connectivity index (χ1n) is 5.52. The van der Waals surface area contributed by atoms with E-state index in [1.807, 2.05) is 0 Å². The SMILES string of the molecule is COP(=O)(C[C@@H]1O[C@@H](C(F)(F)F)[C@@H](O)[C@@H](O)[C@@H]1O)OC. The van der Waals surface area contributed by atoms with Gasteiger partial charge in [-0.25, -0.2) is 0 Å². The molecule has 1 saturated heterocycles. The van der Waals surface area contributed by atoms with E-state index in [1.165, 1.54) is 0 Å². The zero-order valence-electron chi connectivity index (χ0n) is 10.6. The second-order valence-electron chi connectivity index (χ2n) is 4.27. The molecule has 5 atom stereocenters. The topological polar surface area (TPSA) is 105 Å². The van der Waals surface area contributed by atoms with Crippen molar-refractivity contribution in [1.82, 2.24) is 0 Å². The van der Waals surface area contributed by atoms with Gasteiger partial charge in [-0.3, -0.25) is 4.57 Å². The molecule has 0 radical (unpaired) electrons. The van der Waals surface area contributed by atoms with E-state index in [-0.39, 0.29) is 0 Å². The van der Waals surface area contributed by atoms with Gasteiger partial charge in [-0.05, 0) is 0 Å². The summed E-state index contributed by atoms with van der Waals surface area (Å²) in [5, 5.41) is 28.3. The monoisotopic (exact) mass is 324 g/mol. The highest BCUT2D eigenvalue weighted by atomic mass is 31.2. The highest BCUT2D eigenvalue weighted by Gasteiger charge is 2.56. The van der Waals surface area contributed by atoms with Gasteiger partial charge in [0.25, 0.3) is 0 Å². The molecule has 0 aromatic heterocycles. The summed E-state index contributed by atoms with van der Waals surface area (Å²) in [5.41, 5.74) is 0. The summed E-state index contributed by atoms with van der Waals surface area (Å²) >= 11 is 0. The number of aliphatic hydroxyl groups excluding tert-OH is 3. The molecule has 0 aromatic carbocycles. The van der Waals surface area contributed by atoms with Gasteiger partial charge in [-0.2, -0.15) is 13.2 Å². The van der Waals surface area contributed by atoms with E-state index in [2.05, 4.69) is 13.8 Å². The van der Waals surface area contributed by atoms with E-state index in [0.717, 1.165) is 14.2 Å². The van der Waals surface area contributed by atoms with Crippen molar-refractivity contribution < 1.29 is 46.8 Å². The number of halogens is 3. The van der Waals surface area contributed by atoms with Crippen LogP contribution in [0.15, 0.2) is 0 Å². The van der Waals surface area contributed by atoms with E-state index >= 15 is 0 Å². The Hall–Kier alpha value is -0.220. The second-order valence-corrected chi connectivity index (χ2v) is 6.58. The third-order valence-electron chi connectivity index (χ3n) is 2.99. The van der Waals surface area contributed by atoms with Gasteiger partial charge in [0.15, 0.2) is 6.10 Å². The molecular formula is C9H16F3O7P. The van der Waals surface area contributed by atoms with Crippen molar-refractivity contribution in [2.45, 2.75) is 36.7 Å². The standard InChI is InChI=1S/C9H16F3O7P/c1-17-20(16,18-2)3-4-5(13)6(14)7(15)8(19-4)9(10,11)12/h4-8,13-15H,3H2,1-2H3/t4-,5+,6-,7-,8+/m0/s1. The summed E-state index contributed by atoms with van der Waals surface area (Å²) in [5.74, 6) is 0. The minimum Gasteiger partial charge on any atom is -0.388 e. The highest BCUT2D eigenvalue weighted by molar-refractivity contribution is 7.53. The molecule has 0 saturated carbocycles. The predicted molar refractivity (Wildman–Crippen MR) is 59.2 cm³/mol. The van der Waals surface area contributed by atoms with Crippen LogP contribution in [0.25, 0.3) is 0 Å². The van der Waals surface area contributed by atoms with Gasteiger partial charge in [0.2, 0.25) is 0 Å². The van der Waals surface area contributed by atoms with Gasteiger partial charge in [-0.15, -0.1) is 0 Å². The highest BCUT2D eigenvalue weighted by Crippen LogP contribution is 2.49. The van der Waals surface area contributed by atoms with Gasteiger partial charge in [0, 0.05) is 14.2 Å². The van der Waals surface area contributed by atoms with Crippen molar-refractivity contribution >= 4 is 7.60 Å². The Balaban J connectivity index is 2.94. The summed E-state index contributed by atoms with van der Waals surface area (Å²) < 4.78 is 63.4. The lowest BCUT2D eigenvalue weighted by molar-refractivity contribution is -0.307. The number of hydrogen-bond donors (Lipinski definition) is 3. The van der Waals surface area contributed by atoms with Crippen LogP contribution in [0.3, 0.4) is 0 Å². The molecule has 0 aromatic rings. The molecule has 20 heavy (non-hydrogen) atoms. The maximum atomic E-state index is 12.7. The van der Waals surface area contributed by atoms with E-state index in [1.54, 1.807) is 0 Å². The molecule has 0 spiro atoms. The second kappa shape index (κ2) is 6.27. The summed E-state index contributed by atoms with van der Waals surface area (Å²) in [6.07, 6.45) is -16.3. The molecule has 0 unspecified atom stereocenters. The van der Waals surface area contributed by atoms with Crippen LogP contribution in [0.4, 0.5) is 13.2 Å². The van der Waals surface area contributed by atoms with Crippen LogP contribution in [-0.2, 0) is 18.3 Å². The average molecular weight is 324 g/mol. The lowest BCUT2D eigenvalue weighted by Crippen LogP contribution is -2.62. The van der Waals surface area contributed by atoms with Crippen molar-refractivity contribution in [3.05, 3.63) is 0 Å². The molecule has 120 valence electrons. The molecule has 1 aliphatic heterocycles. The maximum absolute atomic E-state index is 12.7. The Bertz CT molecular complexity index is 369. The molecule has 1 aliphatic rings. The van der Waals surface area contributed by atoms with Gasteiger partial charge in [0.05, 0.1) is 12.3 Å². The Kier molecular flexibility index (Phi) is 5.59. The third-order valence-corrected chi connectivity index (χ3v) is 4.91. The molecule has 1 rings (SSSR count). The predicted octanol–water partition coefficient (Wildman–Crippen LogP) is -0.115. The fourth-order valence-electron chi connectivity index (χ4n) is 1.82. The fraction of sp³-hybridized carbons (Fsp3) is 1.00.